The van der Waals surface area contributed by atoms with E-state index in [1.54, 1.807) is 36.5 Å². The fourth-order valence-corrected chi connectivity index (χ4v) is 3.03. The molecule has 3 aromatic rings. The molecule has 1 aliphatic heterocycles. The number of imidazole rings is 1. The minimum Gasteiger partial charge on any atom is -0.394 e. The molecule has 134 valence electrons. The molecule has 0 bridgehead atoms. The molecule has 8 nitrogen and oxygen atoms in total. The lowest BCUT2D eigenvalue weighted by molar-refractivity contribution is -0.0244. The van der Waals surface area contributed by atoms with Gasteiger partial charge in [0.1, 0.15) is 18.0 Å². The second-order valence-corrected chi connectivity index (χ2v) is 6.20. The molecule has 3 atom stereocenters. The van der Waals surface area contributed by atoms with E-state index in [0.717, 1.165) is 11.0 Å². The van der Waals surface area contributed by atoms with Crippen LogP contribution in [0, 0.1) is 0 Å². The molecule has 0 unspecified atom stereocenters. The number of carbonyl (C=O) groups is 1. The molecule has 4 rings (SSSR count). The van der Waals surface area contributed by atoms with Crippen molar-refractivity contribution in [1.29, 1.82) is 0 Å². The number of ether oxygens (including phenoxy) is 1. The summed E-state index contributed by atoms with van der Waals surface area (Å²) >= 11 is 0. The fourth-order valence-electron chi connectivity index (χ4n) is 3.03. The number of carbonyl (C=O) groups excluding carboxylic acids is 1. The highest BCUT2D eigenvalue weighted by Gasteiger charge is 2.35. The Morgan fingerprint density at radius 2 is 2.27 bits per heavy atom. The zero-order valence-electron chi connectivity index (χ0n) is 13.8. The van der Waals surface area contributed by atoms with Crippen LogP contribution in [-0.4, -0.2) is 49.9 Å². The van der Waals surface area contributed by atoms with Crippen LogP contribution in [0.5, 0.6) is 0 Å². The third kappa shape index (κ3) is 3.17. The summed E-state index contributed by atoms with van der Waals surface area (Å²) in [7, 11) is 0. The Labute approximate surface area is 148 Å². The number of aliphatic hydroxyl groups is 2. The minimum atomic E-state index is -0.715. The average molecular weight is 354 g/mol. The number of hydrogen-bond donors (Lipinski definition) is 4. The second kappa shape index (κ2) is 6.83. The summed E-state index contributed by atoms with van der Waals surface area (Å²) < 4.78 is 5.62. The number of amides is 1. The van der Waals surface area contributed by atoms with E-state index >= 15 is 0 Å². The summed E-state index contributed by atoms with van der Waals surface area (Å²) in [6, 6.07) is 8.74. The Morgan fingerprint density at radius 1 is 1.38 bits per heavy atom. The topological polar surface area (TPSA) is 120 Å². The molecule has 3 heterocycles. The molecule has 0 spiro atoms. The van der Waals surface area contributed by atoms with E-state index in [1.165, 1.54) is 6.20 Å². The van der Waals surface area contributed by atoms with Crippen LogP contribution in [0.1, 0.15) is 28.7 Å². The molecule has 0 radical (unpaired) electrons. The number of aromatic amines is 1. The van der Waals surface area contributed by atoms with Gasteiger partial charge in [0.05, 0.1) is 29.3 Å². The quantitative estimate of drug-likeness (QED) is 0.562. The average Bonchev–Trinajstić information content (AvgIpc) is 3.25. The summed E-state index contributed by atoms with van der Waals surface area (Å²) in [5, 5.41) is 21.9. The maximum Gasteiger partial charge on any atom is 0.257 e. The maximum absolute atomic E-state index is 12.2. The van der Waals surface area contributed by atoms with E-state index < -0.39 is 18.3 Å². The number of aromatic nitrogens is 3. The number of hydrogen-bond acceptors (Lipinski definition) is 6. The zero-order valence-corrected chi connectivity index (χ0v) is 13.8. The number of pyridine rings is 1. The highest BCUT2D eigenvalue weighted by molar-refractivity contribution is 6.04. The van der Waals surface area contributed by atoms with Crippen molar-refractivity contribution in [2.75, 3.05) is 11.9 Å². The van der Waals surface area contributed by atoms with Gasteiger partial charge in [0.25, 0.3) is 5.91 Å². The smallest absolute Gasteiger partial charge is 0.257 e. The van der Waals surface area contributed by atoms with Crippen LogP contribution in [-0.2, 0) is 4.74 Å². The summed E-state index contributed by atoms with van der Waals surface area (Å²) in [5.41, 5.74) is 2.57. The first-order valence-electron chi connectivity index (χ1n) is 8.29. The molecule has 1 amide bonds. The Bertz CT molecular complexity index is 927. The van der Waals surface area contributed by atoms with Gasteiger partial charge >= 0.3 is 0 Å². The van der Waals surface area contributed by atoms with Crippen LogP contribution in [0.3, 0.4) is 0 Å². The number of nitrogens with one attached hydrogen (secondary N) is 2. The molecule has 4 N–H and O–H groups in total. The summed E-state index contributed by atoms with van der Waals surface area (Å²) in [6.07, 6.45) is 1.77. The fraction of sp³-hybridized carbons (Fsp3) is 0.278. The van der Waals surface area contributed by atoms with Crippen molar-refractivity contribution in [3.63, 3.8) is 0 Å². The number of anilines is 1. The molecule has 2 aromatic heterocycles. The van der Waals surface area contributed by atoms with Crippen LogP contribution in [0.25, 0.3) is 11.0 Å². The van der Waals surface area contributed by atoms with Crippen molar-refractivity contribution in [3.05, 3.63) is 54.1 Å². The standard InChI is InChI=1S/C18H18N4O4/c23-9-16-14(24)7-15(26-16)17-21-12-4-3-11(6-13(12)22-17)20-18(25)10-2-1-5-19-8-10/h1-6,8,14-16,23-24H,7,9H2,(H,20,25)(H,21,22)/t14-,15+,16+/m0/s1. The SMILES string of the molecule is O=C(Nc1ccc2nc([C@H]3C[C@H](O)[C@@H](CO)O3)[nH]c2c1)c1cccnc1. The van der Waals surface area contributed by atoms with Crippen molar-refractivity contribution in [2.45, 2.75) is 24.7 Å². The molecule has 1 aliphatic rings. The molecular formula is C18H18N4O4. The van der Waals surface area contributed by atoms with E-state index in [1.807, 2.05) is 0 Å². The largest absolute Gasteiger partial charge is 0.394 e. The number of rotatable bonds is 4. The van der Waals surface area contributed by atoms with Crippen LogP contribution in [0.15, 0.2) is 42.7 Å². The van der Waals surface area contributed by atoms with Gasteiger partial charge in [-0.25, -0.2) is 4.98 Å². The van der Waals surface area contributed by atoms with Crippen molar-refractivity contribution in [2.24, 2.45) is 0 Å². The molecule has 1 fully saturated rings. The Morgan fingerprint density at radius 3 is 3.00 bits per heavy atom. The summed E-state index contributed by atoms with van der Waals surface area (Å²) in [5.74, 6) is 0.343. The first-order chi connectivity index (χ1) is 12.6. The number of fused-ring (bicyclic) bond motifs is 1. The summed E-state index contributed by atoms with van der Waals surface area (Å²) in [6.45, 7) is -0.234. The van der Waals surface area contributed by atoms with Gasteiger partial charge in [-0.1, -0.05) is 0 Å². The van der Waals surface area contributed by atoms with Gasteiger partial charge in [0, 0.05) is 24.5 Å². The van der Waals surface area contributed by atoms with E-state index in [-0.39, 0.29) is 12.5 Å². The number of H-pyrrole nitrogens is 1. The molecule has 0 aliphatic carbocycles. The van der Waals surface area contributed by atoms with Gasteiger partial charge < -0.3 is 25.3 Å². The lowest BCUT2D eigenvalue weighted by Gasteiger charge is -2.09. The predicted octanol–water partition coefficient (Wildman–Crippen LogP) is 1.39. The van der Waals surface area contributed by atoms with E-state index in [9.17, 15) is 15.0 Å². The molecule has 1 aromatic carbocycles. The van der Waals surface area contributed by atoms with Crippen molar-refractivity contribution in [3.8, 4) is 0 Å². The van der Waals surface area contributed by atoms with Gasteiger partial charge in [0.15, 0.2) is 0 Å². The minimum absolute atomic E-state index is 0.234. The monoisotopic (exact) mass is 354 g/mol. The second-order valence-electron chi connectivity index (χ2n) is 6.20. The first kappa shape index (κ1) is 16.6. The van der Waals surface area contributed by atoms with E-state index in [0.29, 0.717) is 23.5 Å². The number of nitrogens with zero attached hydrogens (tertiary/aromatic N) is 2. The Balaban J connectivity index is 1.54. The van der Waals surface area contributed by atoms with Crippen molar-refractivity contribution >= 4 is 22.6 Å². The first-order valence-corrected chi connectivity index (χ1v) is 8.29. The van der Waals surface area contributed by atoms with Gasteiger partial charge in [-0.05, 0) is 30.3 Å². The highest BCUT2D eigenvalue weighted by Crippen LogP contribution is 2.32. The molecule has 0 saturated carbocycles. The number of benzene rings is 1. The molecule has 1 saturated heterocycles. The van der Waals surface area contributed by atoms with E-state index in [2.05, 4.69) is 20.3 Å². The number of aliphatic hydroxyl groups excluding tert-OH is 2. The van der Waals surface area contributed by atoms with Crippen LogP contribution in [0.4, 0.5) is 5.69 Å². The lowest BCUT2D eigenvalue weighted by atomic mass is 10.1. The zero-order chi connectivity index (χ0) is 18.1. The molecule has 26 heavy (non-hydrogen) atoms. The Hall–Kier alpha value is -2.81. The Kier molecular flexibility index (Phi) is 4.37. The van der Waals surface area contributed by atoms with Crippen molar-refractivity contribution in [1.82, 2.24) is 15.0 Å². The maximum atomic E-state index is 12.2. The van der Waals surface area contributed by atoms with Gasteiger partial charge in [-0.2, -0.15) is 0 Å². The normalized spacial score (nSPS) is 22.6. The third-order valence-corrected chi connectivity index (χ3v) is 4.39. The molecule has 8 heteroatoms. The van der Waals surface area contributed by atoms with Gasteiger partial charge in [-0.15, -0.1) is 0 Å². The lowest BCUT2D eigenvalue weighted by Crippen LogP contribution is -2.24. The van der Waals surface area contributed by atoms with Crippen molar-refractivity contribution < 1.29 is 19.7 Å². The van der Waals surface area contributed by atoms with Gasteiger partial charge in [0.2, 0.25) is 0 Å². The van der Waals surface area contributed by atoms with E-state index in [4.69, 9.17) is 4.74 Å². The van der Waals surface area contributed by atoms with Gasteiger partial charge in [-0.3, -0.25) is 9.78 Å². The predicted molar refractivity (Wildman–Crippen MR) is 93.6 cm³/mol. The van der Waals surface area contributed by atoms with Crippen LogP contribution < -0.4 is 5.32 Å². The summed E-state index contributed by atoms with van der Waals surface area (Å²) in [4.78, 5) is 23.8. The highest BCUT2D eigenvalue weighted by atomic mass is 16.5. The third-order valence-electron chi connectivity index (χ3n) is 4.39. The molecular weight excluding hydrogens is 336 g/mol. The van der Waals surface area contributed by atoms with Crippen LogP contribution in [0.2, 0.25) is 0 Å². The van der Waals surface area contributed by atoms with Crippen LogP contribution >= 0.6 is 0 Å².